The van der Waals surface area contributed by atoms with Crippen molar-refractivity contribution in [2.75, 3.05) is 5.73 Å². The van der Waals surface area contributed by atoms with Crippen molar-refractivity contribution in [1.29, 1.82) is 0 Å². The number of anilines is 1. The maximum atomic E-state index is 13.1. The number of fused-ring (bicyclic) bond motifs is 1. The first kappa shape index (κ1) is 12.2. The Hall–Kier alpha value is -1.84. The lowest BCUT2D eigenvalue weighted by Gasteiger charge is -2.15. The number of nitrogens with two attached hydrogens (primary N) is 1. The summed E-state index contributed by atoms with van der Waals surface area (Å²) in [5, 5.41) is 0. The molecular formula is C15H18FN3. The summed E-state index contributed by atoms with van der Waals surface area (Å²) < 4.78 is 15.3. The van der Waals surface area contributed by atoms with Gasteiger partial charge in [-0.25, -0.2) is 9.37 Å². The van der Waals surface area contributed by atoms with Crippen LogP contribution >= 0.6 is 0 Å². The fourth-order valence-corrected chi connectivity index (χ4v) is 2.83. The van der Waals surface area contributed by atoms with E-state index in [1.54, 1.807) is 6.07 Å². The van der Waals surface area contributed by atoms with Crippen LogP contribution in [0.1, 0.15) is 35.6 Å². The lowest BCUT2D eigenvalue weighted by Crippen LogP contribution is -2.11. The van der Waals surface area contributed by atoms with Gasteiger partial charge < -0.3 is 10.3 Å². The van der Waals surface area contributed by atoms with Gasteiger partial charge in [-0.15, -0.1) is 0 Å². The first-order valence-electron chi connectivity index (χ1n) is 6.74. The predicted octanol–water partition coefficient (Wildman–Crippen LogP) is 2.84. The Labute approximate surface area is 112 Å². The van der Waals surface area contributed by atoms with Gasteiger partial charge in [-0.2, -0.15) is 0 Å². The van der Waals surface area contributed by atoms with Crippen molar-refractivity contribution < 1.29 is 4.39 Å². The van der Waals surface area contributed by atoms with Gasteiger partial charge in [0.1, 0.15) is 11.6 Å². The van der Waals surface area contributed by atoms with E-state index in [-0.39, 0.29) is 5.82 Å². The van der Waals surface area contributed by atoms with E-state index in [0.29, 0.717) is 12.2 Å². The molecule has 2 aromatic rings. The average Bonchev–Trinajstić information content (AvgIpc) is 2.69. The van der Waals surface area contributed by atoms with E-state index in [0.717, 1.165) is 24.2 Å². The Morgan fingerprint density at radius 1 is 1.32 bits per heavy atom. The van der Waals surface area contributed by atoms with Crippen LogP contribution in [0.5, 0.6) is 0 Å². The summed E-state index contributed by atoms with van der Waals surface area (Å²) >= 11 is 0. The number of nitrogens with zero attached hydrogens (tertiary/aromatic N) is 2. The molecule has 4 heteroatoms. The Bertz CT molecular complexity index is 616. The van der Waals surface area contributed by atoms with E-state index in [1.807, 2.05) is 6.92 Å². The van der Waals surface area contributed by atoms with Gasteiger partial charge in [-0.05, 0) is 50.3 Å². The third kappa shape index (κ3) is 2.23. The second kappa shape index (κ2) is 4.68. The largest absolute Gasteiger partial charge is 0.398 e. The molecule has 2 N–H and O–H groups in total. The number of halogens is 1. The van der Waals surface area contributed by atoms with E-state index in [2.05, 4.69) is 9.55 Å². The Balaban J connectivity index is 1.97. The van der Waals surface area contributed by atoms with Gasteiger partial charge >= 0.3 is 0 Å². The molecule has 1 aliphatic rings. The quantitative estimate of drug-likeness (QED) is 0.843. The lowest BCUT2D eigenvalue weighted by molar-refractivity contribution is 0.619. The van der Waals surface area contributed by atoms with Crippen LogP contribution in [0.4, 0.5) is 10.1 Å². The summed E-state index contributed by atoms with van der Waals surface area (Å²) in [5.41, 5.74) is 9.91. The molecule has 100 valence electrons. The van der Waals surface area contributed by atoms with E-state index in [4.69, 9.17) is 5.73 Å². The molecule has 19 heavy (non-hydrogen) atoms. The summed E-state index contributed by atoms with van der Waals surface area (Å²) in [6, 6.07) is 4.61. The molecule has 1 aromatic heterocycles. The summed E-state index contributed by atoms with van der Waals surface area (Å²) in [5.74, 6) is 0.737. The second-order valence-corrected chi connectivity index (χ2v) is 5.19. The summed E-state index contributed by atoms with van der Waals surface area (Å²) in [6.07, 6.45) is 4.60. The van der Waals surface area contributed by atoms with Crippen molar-refractivity contribution in [2.45, 2.75) is 39.2 Å². The van der Waals surface area contributed by atoms with Crippen molar-refractivity contribution in [3.05, 3.63) is 46.8 Å². The van der Waals surface area contributed by atoms with Crippen LogP contribution < -0.4 is 5.73 Å². The molecule has 0 bridgehead atoms. The normalized spacial score (nSPS) is 14.4. The van der Waals surface area contributed by atoms with Crippen LogP contribution in [0.15, 0.2) is 18.2 Å². The molecule has 0 spiro atoms. The SMILES string of the molecule is Cc1nc2c(n1Cc1ccc(F)cc1N)CCCC2. The van der Waals surface area contributed by atoms with E-state index in [1.165, 1.54) is 36.4 Å². The summed E-state index contributed by atoms with van der Waals surface area (Å²) in [7, 11) is 0. The molecule has 1 aliphatic carbocycles. The zero-order valence-corrected chi connectivity index (χ0v) is 11.1. The Kier molecular flexibility index (Phi) is 3.01. The molecule has 0 saturated heterocycles. The topological polar surface area (TPSA) is 43.8 Å². The van der Waals surface area contributed by atoms with Crippen molar-refractivity contribution in [3.8, 4) is 0 Å². The molecule has 0 radical (unpaired) electrons. The molecule has 0 amide bonds. The molecular weight excluding hydrogens is 241 g/mol. The molecule has 0 fully saturated rings. The van der Waals surface area contributed by atoms with Gasteiger partial charge in [0.25, 0.3) is 0 Å². The number of aromatic nitrogens is 2. The van der Waals surface area contributed by atoms with Gasteiger partial charge in [0.2, 0.25) is 0 Å². The summed E-state index contributed by atoms with van der Waals surface area (Å²) in [4.78, 5) is 4.64. The number of rotatable bonds is 2. The fraction of sp³-hybridized carbons (Fsp3) is 0.400. The predicted molar refractivity (Wildman–Crippen MR) is 73.5 cm³/mol. The number of imidazole rings is 1. The number of benzene rings is 1. The number of aryl methyl sites for hydroxylation is 2. The Morgan fingerprint density at radius 3 is 2.89 bits per heavy atom. The maximum Gasteiger partial charge on any atom is 0.125 e. The molecule has 3 rings (SSSR count). The first-order valence-corrected chi connectivity index (χ1v) is 6.74. The van der Waals surface area contributed by atoms with Gasteiger partial charge in [-0.3, -0.25) is 0 Å². The van der Waals surface area contributed by atoms with Crippen molar-refractivity contribution in [2.24, 2.45) is 0 Å². The van der Waals surface area contributed by atoms with Gasteiger partial charge in [0.05, 0.1) is 12.2 Å². The minimum absolute atomic E-state index is 0.286. The van der Waals surface area contributed by atoms with Crippen LogP contribution in [0.25, 0.3) is 0 Å². The molecule has 1 aromatic carbocycles. The van der Waals surface area contributed by atoms with Crippen LogP contribution in [-0.2, 0) is 19.4 Å². The highest BCUT2D eigenvalue weighted by molar-refractivity contribution is 5.47. The first-order chi connectivity index (χ1) is 9.15. The molecule has 0 aliphatic heterocycles. The van der Waals surface area contributed by atoms with Crippen LogP contribution in [0.3, 0.4) is 0 Å². The highest BCUT2D eigenvalue weighted by Gasteiger charge is 2.18. The van der Waals surface area contributed by atoms with Crippen LogP contribution in [0, 0.1) is 12.7 Å². The van der Waals surface area contributed by atoms with E-state index >= 15 is 0 Å². The molecule has 0 atom stereocenters. The third-order valence-electron chi connectivity index (χ3n) is 3.86. The van der Waals surface area contributed by atoms with E-state index in [9.17, 15) is 4.39 Å². The third-order valence-corrected chi connectivity index (χ3v) is 3.86. The van der Waals surface area contributed by atoms with Crippen LogP contribution in [0.2, 0.25) is 0 Å². The van der Waals surface area contributed by atoms with Gasteiger partial charge in [0, 0.05) is 11.4 Å². The highest BCUT2D eigenvalue weighted by atomic mass is 19.1. The average molecular weight is 259 g/mol. The van der Waals surface area contributed by atoms with Crippen molar-refractivity contribution >= 4 is 5.69 Å². The lowest BCUT2D eigenvalue weighted by atomic mass is 10.0. The number of nitrogen functional groups attached to an aromatic ring is 1. The minimum Gasteiger partial charge on any atom is -0.398 e. The van der Waals surface area contributed by atoms with Gasteiger partial charge in [-0.1, -0.05) is 6.07 Å². The second-order valence-electron chi connectivity index (χ2n) is 5.19. The molecule has 3 nitrogen and oxygen atoms in total. The van der Waals surface area contributed by atoms with Crippen molar-refractivity contribution in [3.63, 3.8) is 0 Å². The molecule has 0 unspecified atom stereocenters. The smallest absolute Gasteiger partial charge is 0.125 e. The highest BCUT2D eigenvalue weighted by Crippen LogP contribution is 2.24. The van der Waals surface area contributed by atoms with E-state index < -0.39 is 0 Å². The zero-order valence-electron chi connectivity index (χ0n) is 11.1. The van der Waals surface area contributed by atoms with Crippen LogP contribution in [-0.4, -0.2) is 9.55 Å². The molecule has 0 saturated carbocycles. The molecule has 1 heterocycles. The Morgan fingerprint density at radius 2 is 2.11 bits per heavy atom. The monoisotopic (exact) mass is 259 g/mol. The number of hydrogen-bond acceptors (Lipinski definition) is 2. The summed E-state index contributed by atoms with van der Waals surface area (Å²) in [6.45, 7) is 2.71. The number of hydrogen-bond donors (Lipinski definition) is 1. The standard InChI is InChI=1S/C15H18FN3/c1-10-18-14-4-2-3-5-15(14)19(10)9-11-6-7-12(16)8-13(11)17/h6-8H,2-5,9,17H2,1H3. The zero-order chi connectivity index (χ0) is 13.4. The fourth-order valence-electron chi connectivity index (χ4n) is 2.83. The van der Waals surface area contributed by atoms with Crippen molar-refractivity contribution in [1.82, 2.24) is 9.55 Å². The minimum atomic E-state index is -0.286. The maximum absolute atomic E-state index is 13.1. The van der Waals surface area contributed by atoms with Gasteiger partial charge in [0.15, 0.2) is 0 Å².